The van der Waals surface area contributed by atoms with Crippen molar-refractivity contribution in [1.82, 2.24) is 0 Å². The second-order valence-electron chi connectivity index (χ2n) is 5.00. The summed E-state index contributed by atoms with van der Waals surface area (Å²) in [6.07, 6.45) is -0.255. The lowest BCUT2D eigenvalue weighted by molar-refractivity contribution is -0.152. The molecule has 0 aliphatic heterocycles. The molecule has 24 heavy (non-hydrogen) atoms. The third-order valence-electron chi connectivity index (χ3n) is 3.22. The van der Waals surface area contributed by atoms with Crippen molar-refractivity contribution in [2.45, 2.75) is 52.7 Å². The number of hydrogen-bond acceptors (Lipinski definition) is 6. The summed E-state index contributed by atoms with van der Waals surface area (Å²) in [6.45, 7) is 7.85. The Balaban J connectivity index is 2.67. The van der Waals surface area contributed by atoms with Crippen LogP contribution in [-0.4, -0.2) is 37.4 Å². The topological polar surface area (TPSA) is 71.1 Å². The second kappa shape index (κ2) is 10.5. The third kappa shape index (κ3) is 6.10. The van der Waals surface area contributed by atoms with Gasteiger partial charge in [0.2, 0.25) is 0 Å². The van der Waals surface area contributed by atoms with E-state index < -0.39 is 12.2 Å². The first-order chi connectivity index (χ1) is 11.5. The molecule has 0 fully saturated rings. The van der Waals surface area contributed by atoms with Crippen LogP contribution in [0.5, 0.6) is 11.5 Å². The van der Waals surface area contributed by atoms with Gasteiger partial charge in [0.05, 0.1) is 13.2 Å². The summed E-state index contributed by atoms with van der Waals surface area (Å²) in [4.78, 5) is 23.5. The zero-order chi connectivity index (χ0) is 17.9. The van der Waals surface area contributed by atoms with E-state index in [4.69, 9.17) is 18.9 Å². The molecular formula is C18H26O6. The van der Waals surface area contributed by atoms with E-state index in [9.17, 15) is 9.59 Å². The smallest absolute Gasteiger partial charge is 0.347 e. The number of esters is 2. The van der Waals surface area contributed by atoms with Gasteiger partial charge in [0.15, 0.2) is 12.2 Å². The minimum Gasteiger partial charge on any atom is -0.479 e. The minimum absolute atomic E-state index is 0.317. The molecule has 2 atom stereocenters. The standard InChI is InChI=1S/C18H26O6/c1-5-15(17(19)21-7-3)23-13-9-11-14(12-10-13)24-16(6-2)18(20)22-8-4/h9-12,15-16H,5-8H2,1-4H3/t15-,16+. The normalized spacial score (nSPS) is 12.8. The van der Waals surface area contributed by atoms with Gasteiger partial charge < -0.3 is 18.9 Å². The first-order valence-electron chi connectivity index (χ1n) is 8.32. The number of hydrogen-bond donors (Lipinski definition) is 0. The molecule has 0 unspecified atom stereocenters. The molecule has 0 radical (unpaired) electrons. The molecule has 0 bridgehead atoms. The molecule has 0 N–H and O–H groups in total. The zero-order valence-corrected chi connectivity index (χ0v) is 14.7. The summed E-state index contributed by atoms with van der Waals surface area (Å²) in [6, 6.07) is 6.76. The largest absolute Gasteiger partial charge is 0.479 e. The van der Waals surface area contributed by atoms with Gasteiger partial charge in [-0.1, -0.05) is 13.8 Å². The van der Waals surface area contributed by atoms with Gasteiger partial charge in [-0.15, -0.1) is 0 Å². The van der Waals surface area contributed by atoms with Gasteiger partial charge >= 0.3 is 11.9 Å². The van der Waals surface area contributed by atoms with E-state index in [2.05, 4.69) is 0 Å². The Hall–Kier alpha value is -2.24. The Bertz CT molecular complexity index is 464. The van der Waals surface area contributed by atoms with Gasteiger partial charge in [-0.2, -0.15) is 0 Å². The summed E-state index contributed by atoms with van der Waals surface area (Å²) < 4.78 is 21.2. The highest BCUT2D eigenvalue weighted by atomic mass is 16.6. The Kier molecular flexibility index (Phi) is 8.68. The van der Waals surface area contributed by atoms with Crippen LogP contribution in [0.25, 0.3) is 0 Å². The van der Waals surface area contributed by atoms with Crippen molar-refractivity contribution in [2.24, 2.45) is 0 Å². The van der Waals surface area contributed by atoms with Crippen molar-refractivity contribution in [1.29, 1.82) is 0 Å². The molecule has 6 heteroatoms. The summed E-state index contributed by atoms with van der Waals surface area (Å²) in [7, 11) is 0. The van der Waals surface area contributed by atoms with Crippen LogP contribution in [0.1, 0.15) is 40.5 Å². The molecule has 0 amide bonds. The molecular weight excluding hydrogens is 312 g/mol. The molecule has 134 valence electrons. The molecule has 0 spiro atoms. The van der Waals surface area contributed by atoms with Crippen molar-refractivity contribution < 1.29 is 28.5 Å². The number of benzene rings is 1. The van der Waals surface area contributed by atoms with Gasteiger partial charge in [0.1, 0.15) is 11.5 Å². The van der Waals surface area contributed by atoms with Gasteiger partial charge in [-0.25, -0.2) is 9.59 Å². The van der Waals surface area contributed by atoms with Crippen LogP contribution in [0.15, 0.2) is 24.3 Å². The summed E-state index contributed by atoms with van der Waals surface area (Å²) >= 11 is 0. The van der Waals surface area contributed by atoms with Gasteiger partial charge in [0, 0.05) is 0 Å². The summed E-state index contributed by atoms with van der Waals surface area (Å²) in [5.41, 5.74) is 0. The predicted molar refractivity (Wildman–Crippen MR) is 89.1 cm³/mol. The van der Waals surface area contributed by atoms with Gasteiger partial charge in [0.25, 0.3) is 0 Å². The molecule has 1 aromatic rings. The molecule has 0 aliphatic rings. The highest BCUT2D eigenvalue weighted by Gasteiger charge is 2.21. The SMILES string of the molecule is CCOC(=O)[C@H](CC)Oc1ccc(O[C@H](CC)C(=O)OCC)cc1. The molecule has 0 aliphatic carbocycles. The lowest BCUT2D eigenvalue weighted by Gasteiger charge is -2.18. The predicted octanol–water partition coefficient (Wildman–Crippen LogP) is 3.13. The minimum atomic E-state index is -0.639. The average molecular weight is 338 g/mol. The number of carbonyl (C=O) groups excluding carboxylic acids is 2. The molecule has 0 saturated carbocycles. The second-order valence-corrected chi connectivity index (χ2v) is 5.00. The monoisotopic (exact) mass is 338 g/mol. The lowest BCUT2D eigenvalue weighted by Crippen LogP contribution is -2.29. The Labute approximate surface area is 143 Å². The Morgan fingerprint density at radius 1 is 0.750 bits per heavy atom. The van der Waals surface area contributed by atoms with Crippen LogP contribution in [-0.2, 0) is 19.1 Å². The fourth-order valence-corrected chi connectivity index (χ4v) is 1.99. The first kappa shape index (κ1) is 19.8. The van der Waals surface area contributed by atoms with Crippen LogP contribution < -0.4 is 9.47 Å². The molecule has 0 heterocycles. The molecule has 1 rings (SSSR count). The Morgan fingerprint density at radius 2 is 1.08 bits per heavy atom. The van der Waals surface area contributed by atoms with E-state index >= 15 is 0 Å². The molecule has 1 aromatic carbocycles. The highest BCUT2D eigenvalue weighted by molar-refractivity contribution is 5.75. The van der Waals surface area contributed by atoms with Crippen LogP contribution in [0.2, 0.25) is 0 Å². The van der Waals surface area contributed by atoms with Crippen molar-refractivity contribution >= 4 is 11.9 Å². The fraction of sp³-hybridized carbons (Fsp3) is 0.556. The highest BCUT2D eigenvalue weighted by Crippen LogP contribution is 2.21. The van der Waals surface area contributed by atoms with E-state index in [1.165, 1.54) is 0 Å². The number of rotatable bonds is 10. The maximum atomic E-state index is 11.7. The Morgan fingerprint density at radius 3 is 1.33 bits per heavy atom. The van der Waals surface area contributed by atoms with Crippen LogP contribution >= 0.6 is 0 Å². The quantitative estimate of drug-likeness (QED) is 0.610. The third-order valence-corrected chi connectivity index (χ3v) is 3.22. The summed E-state index contributed by atoms with van der Waals surface area (Å²) in [5.74, 6) is 0.306. The van der Waals surface area contributed by atoms with E-state index in [0.29, 0.717) is 37.6 Å². The van der Waals surface area contributed by atoms with Crippen molar-refractivity contribution in [3.63, 3.8) is 0 Å². The summed E-state index contributed by atoms with van der Waals surface area (Å²) in [5, 5.41) is 0. The molecule has 0 aromatic heterocycles. The lowest BCUT2D eigenvalue weighted by atomic mass is 10.2. The van der Waals surface area contributed by atoms with Gasteiger partial charge in [-0.3, -0.25) is 0 Å². The van der Waals surface area contributed by atoms with E-state index in [-0.39, 0.29) is 11.9 Å². The molecule has 6 nitrogen and oxygen atoms in total. The average Bonchev–Trinajstić information content (AvgIpc) is 2.59. The van der Waals surface area contributed by atoms with E-state index in [0.717, 1.165) is 0 Å². The maximum Gasteiger partial charge on any atom is 0.347 e. The van der Waals surface area contributed by atoms with Crippen molar-refractivity contribution in [3.05, 3.63) is 24.3 Å². The fourth-order valence-electron chi connectivity index (χ4n) is 1.99. The number of carbonyl (C=O) groups is 2. The van der Waals surface area contributed by atoms with Crippen LogP contribution in [0, 0.1) is 0 Å². The maximum absolute atomic E-state index is 11.7. The first-order valence-corrected chi connectivity index (χ1v) is 8.32. The van der Waals surface area contributed by atoms with E-state index in [1.807, 2.05) is 13.8 Å². The number of ether oxygens (including phenoxy) is 4. The van der Waals surface area contributed by atoms with Gasteiger partial charge in [-0.05, 0) is 51.0 Å². The van der Waals surface area contributed by atoms with Crippen molar-refractivity contribution in [3.8, 4) is 11.5 Å². The van der Waals surface area contributed by atoms with Crippen LogP contribution in [0.4, 0.5) is 0 Å². The van der Waals surface area contributed by atoms with Crippen LogP contribution in [0.3, 0.4) is 0 Å². The van der Waals surface area contributed by atoms with Crippen molar-refractivity contribution in [2.75, 3.05) is 13.2 Å². The zero-order valence-electron chi connectivity index (χ0n) is 14.7. The van der Waals surface area contributed by atoms with E-state index in [1.54, 1.807) is 38.1 Å². The molecule has 0 saturated heterocycles.